The molecule has 0 radical (unpaired) electrons. The Morgan fingerprint density at radius 3 is 2.60 bits per heavy atom. The van der Waals surface area contributed by atoms with Crippen LogP contribution < -0.4 is 5.43 Å². The Morgan fingerprint density at radius 1 is 1.13 bits per heavy atom. The molecule has 3 aromatic rings. The summed E-state index contributed by atoms with van der Waals surface area (Å²) in [6.45, 7) is 2.05. The van der Waals surface area contributed by atoms with Crippen LogP contribution in [0.15, 0.2) is 70.2 Å². The maximum absolute atomic E-state index is 12.1. The molecule has 0 unspecified atom stereocenters. The molecule has 1 aromatic heterocycles. The van der Waals surface area contributed by atoms with Gasteiger partial charge < -0.3 is 9.15 Å². The van der Waals surface area contributed by atoms with E-state index in [9.17, 15) is 19.7 Å². The molecule has 1 heterocycles. The highest BCUT2D eigenvalue weighted by molar-refractivity contribution is 5.95. The summed E-state index contributed by atoms with van der Waals surface area (Å²) in [5, 5.41) is 14.6. The van der Waals surface area contributed by atoms with Crippen molar-refractivity contribution >= 4 is 23.8 Å². The lowest BCUT2D eigenvalue weighted by atomic mass is 10.1. The number of non-ortho nitro benzene ring substituents is 1. The van der Waals surface area contributed by atoms with E-state index in [-0.39, 0.29) is 11.3 Å². The molecule has 0 saturated carbocycles. The molecule has 0 aliphatic carbocycles. The molecule has 0 atom stereocenters. The van der Waals surface area contributed by atoms with Crippen LogP contribution in [0.25, 0.3) is 11.3 Å². The summed E-state index contributed by atoms with van der Waals surface area (Å²) < 4.78 is 10.6. The number of nitro benzene ring substituents is 1. The Morgan fingerprint density at radius 2 is 1.90 bits per heavy atom. The van der Waals surface area contributed by atoms with E-state index in [1.807, 2.05) is 0 Å². The Kier molecular flexibility index (Phi) is 6.33. The number of hydrogen-bond donors (Lipinski definition) is 1. The Balaban J connectivity index is 1.63. The van der Waals surface area contributed by atoms with Gasteiger partial charge in [0.2, 0.25) is 0 Å². The van der Waals surface area contributed by atoms with Crippen LogP contribution in [0.5, 0.6) is 0 Å². The number of benzene rings is 2. The molecule has 0 aliphatic heterocycles. The highest BCUT2D eigenvalue weighted by Crippen LogP contribution is 2.22. The smallest absolute Gasteiger partial charge is 0.338 e. The molecule has 1 N–H and O–H groups in total. The monoisotopic (exact) mass is 407 g/mol. The van der Waals surface area contributed by atoms with Gasteiger partial charge in [0.15, 0.2) is 0 Å². The molecule has 0 saturated heterocycles. The van der Waals surface area contributed by atoms with Crippen LogP contribution in [0.1, 0.15) is 33.4 Å². The van der Waals surface area contributed by atoms with Crippen molar-refractivity contribution in [1.82, 2.24) is 5.43 Å². The lowest BCUT2D eigenvalue weighted by Gasteiger charge is -2.02. The Labute approximate surface area is 171 Å². The number of hydrogen-bond acceptors (Lipinski definition) is 7. The fourth-order valence-corrected chi connectivity index (χ4v) is 2.54. The predicted octanol–water partition coefficient (Wildman–Crippen LogP) is 3.80. The lowest BCUT2D eigenvalue weighted by Crippen LogP contribution is -2.17. The number of esters is 1. The van der Waals surface area contributed by atoms with E-state index in [1.54, 1.807) is 43.3 Å². The molecule has 0 spiro atoms. The highest BCUT2D eigenvalue weighted by Gasteiger charge is 2.11. The summed E-state index contributed by atoms with van der Waals surface area (Å²) in [7, 11) is 0. The van der Waals surface area contributed by atoms with Gasteiger partial charge in [0.05, 0.1) is 23.3 Å². The summed E-state index contributed by atoms with van der Waals surface area (Å²) in [5.41, 5.74) is 3.42. The summed E-state index contributed by atoms with van der Waals surface area (Å²) in [5.74, 6) is -0.0391. The van der Waals surface area contributed by atoms with Crippen LogP contribution in [0.4, 0.5) is 5.69 Å². The van der Waals surface area contributed by atoms with E-state index in [0.29, 0.717) is 23.7 Å². The van der Waals surface area contributed by atoms with Crippen LogP contribution >= 0.6 is 0 Å². The quantitative estimate of drug-likeness (QED) is 0.275. The molecule has 9 heteroatoms. The normalized spacial score (nSPS) is 10.7. The average molecular weight is 407 g/mol. The second-order valence-corrected chi connectivity index (χ2v) is 6.01. The maximum Gasteiger partial charge on any atom is 0.338 e. The van der Waals surface area contributed by atoms with Crippen LogP contribution in [-0.2, 0) is 4.74 Å². The largest absolute Gasteiger partial charge is 0.462 e. The first-order chi connectivity index (χ1) is 14.5. The Bertz CT molecular complexity index is 1100. The van der Waals surface area contributed by atoms with Crippen LogP contribution in [0.3, 0.4) is 0 Å². The molecule has 0 bridgehead atoms. The molecule has 3 rings (SSSR count). The van der Waals surface area contributed by atoms with Gasteiger partial charge in [-0.15, -0.1) is 0 Å². The molecule has 0 aliphatic rings. The van der Waals surface area contributed by atoms with E-state index < -0.39 is 16.8 Å². The zero-order valence-corrected chi connectivity index (χ0v) is 15.9. The number of carbonyl (C=O) groups excluding carboxylic acids is 2. The number of rotatable bonds is 7. The topological polar surface area (TPSA) is 124 Å². The first-order valence-electron chi connectivity index (χ1n) is 8.93. The number of amides is 1. The van der Waals surface area contributed by atoms with Gasteiger partial charge in [-0.25, -0.2) is 10.2 Å². The summed E-state index contributed by atoms with van der Waals surface area (Å²) in [6.07, 6.45) is 1.31. The molecule has 0 fully saturated rings. The first kappa shape index (κ1) is 20.5. The average Bonchev–Trinajstić information content (AvgIpc) is 3.23. The number of carbonyl (C=O) groups is 2. The number of nitrogens with one attached hydrogen (secondary N) is 1. The molecule has 1 amide bonds. The number of nitro groups is 1. The number of furan rings is 1. The highest BCUT2D eigenvalue weighted by atomic mass is 16.6. The summed E-state index contributed by atoms with van der Waals surface area (Å²) in [4.78, 5) is 34.0. The Hall–Kier alpha value is -4.27. The SMILES string of the molecule is CCOC(=O)c1ccc(-c2ccc(/C=N\NC(=O)c3cccc([N+](=O)[O-])c3)o2)cc1. The third-order valence-electron chi connectivity index (χ3n) is 3.98. The second-order valence-electron chi connectivity index (χ2n) is 6.01. The van der Waals surface area contributed by atoms with Crippen molar-refractivity contribution in [2.75, 3.05) is 6.61 Å². The standard InChI is InChI=1S/C21H17N3O6/c1-2-29-21(26)15-8-6-14(7-9-15)19-11-10-18(30-19)13-22-23-20(25)16-4-3-5-17(12-16)24(27)28/h3-13H,2H2,1H3,(H,23,25)/b22-13-. The van der Waals surface area contributed by atoms with Crippen molar-refractivity contribution in [2.45, 2.75) is 6.92 Å². The van der Waals surface area contributed by atoms with Gasteiger partial charge in [-0.3, -0.25) is 14.9 Å². The van der Waals surface area contributed by atoms with Crippen molar-refractivity contribution in [3.8, 4) is 11.3 Å². The van der Waals surface area contributed by atoms with Gasteiger partial charge in [-0.05, 0) is 37.3 Å². The fraction of sp³-hybridized carbons (Fsp3) is 0.0952. The maximum atomic E-state index is 12.1. The van der Waals surface area contributed by atoms with Crippen molar-refractivity contribution in [2.24, 2.45) is 5.10 Å². The zero-order chi connectivity index (χ0) is 21.5. The van der Waals surface area contributed by atoms with Gasteiger partial charge in [0.25, 0.3) is 11.6 Å². The van der Waals surface area contributed by atoms with Crippen molar-refractivity contribution in [3.63, 3.8) is 0 Å². The summed E-state index contributed by atoms with van der Waals surface area (Å²) >= 11 is 0. The molecule has 152 valence electrons. The first-order valence-corrected chi connectivity index (χ1v) is 8.93. The zero-order valence-electron chi connectivity index (χ0n) is 15.9. The minimum atomic E-state index is -0.587. The van der Waals surface area contributed by atoms with Gasteiger partial charge in [0, 0.05) is 23.3 Å². The summed E-state index contributed by atoms with van der Waals surface area (Å²) in [6, 6.07) is 15.5. The molecular formula is C21H17N3O6. The lowest BCUT2D eigenvalue weighted by molar-refractivity contribution is -0.384. The minimum Gasteiger partial charge on any atom is -0.462 e. The number of nitrogens with zero attached hydrogens (tertiary/aromatic N) is 2. The van der Waals surface area contributed by atoms with Crippen molar-refractivity contribution in [3.05, 3.63) is 87.7 Å². The van der Waals surface area contributed by atoms with E-state index in [0.717, 1.165) is 11.6 Å². The van der Waals surface area contributed by atoms with Crippen molar-refractivity contribution in [1.29, 1.82) is 0 Å². The molecule has 2 aromatic carbocycles. The van der Waals surface area contributed by atoms with Crippen LogP contribution in [0, 0.1) is 10.1 Å². The van der Waals surface area contributed by atoms with E-state index in [1.165, 1.54) is 24.4 Å². The molecule has 30 heavy (non-hydrogen) atoms. The third kappa shape index (κ3) is 4.96. The van der Waals surface area contributed by atoms with E-state index in [2.05, 4.69) is 10.5 Å². The predicted molar refractivity (Wildman–Crippen MR) is 108 cm³/mol. The molecular weight excluding hydrogens is 390 g/mol. The number of hydrazone groups is 1. The van der Waals surface area contributed by atoms with Crippen LogP contribution in [-0.4, -0.2) is 29.6 Å². The van der Waals surface area contributed by atoms with Crippen molar-refractivity contribution < 1.29 is 23.7 Å². The van der Waals surface area contributed by atoms with Gasteiger partial charge in [-0.2, -0.15) is 5.10 Å². The number of ether oxygens (including phenoxy) is 1. The molecule has 9 nitrogen and oxygen atoms in total. The fourth-order valence-electron chi connectivity index (χ4n) is 2.54. The van der Waals surface area contributed by atoms with E-state index in [4.69, 9.17) is 9.15 Å². The van der Waals surface area contributed by atoms with Crippen LogP contribution in [0.2, 0.25) is 0 Å². The minimum absolute atomic E-state index is 0.114. The van der Waals surface area contributed by atoms with Gasteiger partial charge in [0.1, 0.15) is 11.5 Å². The third-order valence-corrected chi connectivity index (χ3v) is 3.98. The van der Waals surface area contributed by atoms with Gasteiger partial charge in [-0.1, -0.05) is 18.2 Å². The van der Waals surface area contributed by atoms with E-state index >= 15 is 0 Å². The second kappa shape index (κ2) is 9.28. The van der Waals surface area contributed by atoms with Gasteiger partial charge >= 0.3 is 5.97 Å².